The highest BCUT2D eigenvalue weighted by Crippen LogP contribution is 2.37. The first-order valence-electron chi connectivity index (χ1n) is 7.55. The van der Waals surface area contributed by atoms with E-state index in [1.165, 1.54) is 11.3 Å². The van der Waals surface area contributed by atoms with Crippen molar-refractivity contribution in [2.75, 3.05) is 25.5 Å². The number of nitrogens with one attached hydrogen (secondary N) is 1. The molecule has 1 aliphatic rings. The summed E-state index contributed by atoms with van der Waals surface area (Å²) < 4.78 is 39.2. The SMILES string of the molecule is Cc1sc2nc(C(F)(F)F)nc(NC3CCN(C)CC3)c2c1C. The zero-order valence-corrected chi connectivity index (χ0v) is 14.1. The highest BCUT2D eigenvalue weighted by molar-refractivity contribution is 7.18. The Labute approximate surface area is 136 Å². The third-order valence-electron chi connectivity index (χ3n) is 4.34. The summed E-state index contributed by atoms with van der Waals surface area (Å²) in [6, 6.07) is 0.144. The highest BCUT2D eigenvalue weighted by Gasteiger charge is 2.36. The first kappa shape index (κ1) is 16.4. The van der Waals surface area contributed by atoms with Crippen molar-refractivity contribution in [3.63, 3.8) is 0 Å². The van der Waals surface area contributed by atoms with Crippen LogP contribution in [-0.2, 0) is 6.18 Å². The minimum Gasteiger partial charge on any atom is -0.367 e. The molecule has 126 valence electrons. The number of nitrogens with zero attached hydrogens (tertiary/aromatic N) is 3. The van der Waals surface area contributed by atoms with Crippen LogP contribution in [0.2, 0.25) is 0 Å². The fraction of sp³-hybridized carbons (Fsp3) is 0.600. The zero-order chi connectivity index (χ0) is 16.8. The van der Waals surface area contributed by atoms with E-state index >= 15 is 0 Å². The molecule has 0 amide bonds. The second-order valence-electron chi connectivity index (χ2n) is 6.08. The monoisotopic (exact) mass is 344 g/mol. The molecule has 0 aliphatic carbocycles. The van der Waals surface area contributed by atoms with E-state index in [-0.39, 0.29) is 6.04 Å². The Bertz CT molecular complexity index is 718. The lowest BCUT2D eigenvalue weighted by molar-refractivity contribution is -0.144. The highest BCUT2D eigenvalue weighted by atomic mass is 32.1. The predicted octanol–water partition coefficient (Wildman–Crippen LogP) is 3.83. The molecule has 4 nitrogen and oxygen atoms in total. The Balaban J connectivity index is 2.02. The molecule has 0 aromatic carbocycles. The molecule has 2 aromatic rings. The van der Waals surface area contributed by atoms with E-state index in [9.17, 15) is 13.2 Å². The van der Waals surface area contributed by atoms with E-state index in [0.29, 0.717) is 10.6 Å². The normalized spacial score (nSPS) is 17.8. The van der Waals surface area contributed by atoms with Gasteiger partial charge in [-0.2, -0.15) is 13.2 Å². The molecule has 3 heterocycles. The molecule has 3 rings (SSSR count). The molecule has 0 unspecified atom stereocenters. The van der Waals surface area contributed by atoms with Crippen LogP contribution in [-0.4, -0.2) is 41.0 Å². The number of hydrogen-bond acceptors (Lipinski definition) is 5. The fourth-order valence-electron chi connectivity index (χ4n) is 2.83. The third kappa shape index (κ3) is 3.28. The quantitative estimate of drug-likeness (QED) is 0.899. The maximum absolute atomic E-state index is 13.1. The second kappa shape index (κ2) is 5.90. The molecule has 1 saturated heterocycles. The number of piperidine rings is 1. The second-order valence-corrected chi connectivity index (χ2v) is 7.28. The van der Waals surface area contributed by atoms with Gasteiger partial charge in [-0.1, -0.05) is 0 Å². The van der Waals surface area contributed by atoms with Gasteiger partial charge in [0.1, 0.15) is 10.6 Å². The maximum Gasteiger partial charge on any atom is 0.451 e. The number of rotatable bonds is 2. The summed E-state index contributed by atoms with van der Waals surface area (Å²) in [7, 11) is 2.05. The summed E-state index contributed by atoms with van der Waals surface area (Å²) >= 11 is 1.29. The fourth-order valence-corrected chi connectivity index (χ4v) is 3.86. The van der Waals surface area contributed by atoms with E-state index < -0.39 is 12.0 Å². The number of aryl methyl sites for hydroxylation is 2. The molecular weight excluding hydrogens is 325 g/mol. The van der Waals surface area contributed by atoms with Crippen molar-refractivity contribution in [1.29, 1.82) is 0 Å². The van der Waals surface area contributed by atoms with E-state index in [2.05, 4.69) is 20.2 Å². The van der Waals surface area contributed by atoms with Crippen LogP contribution in [0.15, 0.2) is 0 Å². The van der Waals surface area contributed by atoms with Crippen LogP contribution in [0.1, 0.15) is 29.1 Å². The topological polar surface area (TPSA) is 41.1 Å². The Kier molecular flexibility index (Phi) is 4.22. The van der Waals surface area contributed by atoms with Gasteiger partial charge in [0.15, 0.2) is 0 Å². The largest absolute Gasteiger partial charge is 0.451 e. The molecule has 0 bridgehead atoms. The smallest absolute Gasteiger partial charge is 0.367 e. The van der Waals surface area contributed by atoms with Gasteiger partial charge in [-0.3, -0.25) is 0 Å². The Morgan fingerprint density at radius 3 is 2.43 bits per heavy atom. The van der Waals surface area contributed by atoms with Crippen molar-refractivity contribution in [3.8, 4) is 0 Å². The van der Waals surface area contributed by atoms with Gasteiger partial charge in [-0.25, -0.2) is 9.97 Å². The summed E-state index contributed by atoms with van der Waals surface area (Å²) in [5.41, 5.74) is 0.953. The van der Waals surface area contributed by atoms with Crippen molar-refractivity contribution in [2.45, 2.75) is 38.9 Å². The van der Waals surface area contributed by atoms with Gasteiger partial charge < -0.3 is 10.2 Å². The molecule has 1 fully saturated rings. The van der Waals surface area contributed by atoms with Crippen molar-refractivity contribution >= 4 is 27.4 Å². The Morgan fingerprint density at radius 2 is 1.83 bits per heavy atom. The number of anilines is 1. The number of aromatic nitrogens is 2. The summed E-state index contributed by atoms with van der Waals surface area (Å²) in [6.07, 6.45) is -2.75. The lowest BCUT2D eigenvalue weighted by Crippen LogP contribution is -2.37. The molecule has 2 aromatic heterocycles. The van der Waals surface area contributed by atoms with E-state index in [1.54, 1.807) is 0 Å². The number of alkyl halides is 3. The molecule has 1 N–H and O–H groups in total. The van der Waals surface area contributed by atoms with Gasteiger partial charge in [0.05, 0.1) is 5.39 Å². The van der Waals surface area contributed by atoms with Crippen LogP contribution in [0.5, 0.6) is 0 Å². The van der Waals surface area contributed by atoms with Crippen molar-refractivity contribution < 1.29 is 13.2 Å². The lowest BCUT2D eigenvalue weighted by Gasteiger charge is -2.30. The number of fused-ring (bicyclic) bond motifs is 1. The van der Waals surface area contributed by atoms with Crippen molar-refractivity contribution in [3.05, 3.63) is 16.3 Å². The number of likely N-dealkylation sites (tertiary alicyclic amines) is 1. The number of halogens is 3. The average Bonchev–Trinajstić information content (AvgIpc) is 2.76. The van der Waals surface area contributed by atoms with Crippen LogP contribution < -0.4 is 5.32 Å². The van der Waals surface area contributed by atoms with Crippen molar-refractivity contribution in [1.82, 2.24) is 14.9 Å². The molecular formula is C15H19F3N4S. The average molecular weight is 344 g/mol. The van der Waals surface area contributed by atoms with Gasteiger partial charge in [0, 0.05) is 10.9 Å². The number of thiophene rings is 1. The van der Waals surface area contributed by atoms with E-state index in [0.717, 1.165) is 41.8 Å². The van der Waals surface area contributed by atoms with Gasteiger partial charge in [-0.05, 0) is 52.4 Å². The molecule has 0 saturated carbocycles. The standard InChI is InChI=1S/C15H19F3N4S/c1-8-9(2)23-13-11(8)12(20-14(21-13)15(16,17)18)19-10-4-6-22(3)7-5-10/h10H,4-7H2,1-3H3,(H,19,20,21). The summed E-state index contributed by atoms with van der Waals surface area (Å²) in [4.78, 5) is 11.1. The van der Waals surface area contributed by atoms with Crippen LogP contribution in [0, 0.1) is 13.8 Å². The van der Waals surface area contributed by atoms with Gasteiger partial charge >= 0.3 is 6.18 Å². The van der Waals surface area contributed by atoms with Crippen LogP contribution >= 0.6 is 11.3 Å². The molecule has 1 aliphatic heterocycles. The Hall–Kier alpha value is -1.41. The van der Waals surface area contributed by atoms with Crippen LogP contribution in [0.25, 0.3) is 10.2 Å². The molecule has 23 heavy (non-hydrogen) atoms. The molecule has 0 spiro atoms. The van der Waals surface area contributed by atoms with Gasteiger partial charge in [0.25, 0.3) is 0 Å². The summed E-state index contributed by atoms with van der Waals surface area (Å²) in [5, 5.41) is 3.96. The van der Waals surface area contributed by atoms with E-state index in [1.807, 2.05) is 20.9 Å². The van der Waals surface area contributed by atoms with Crippen molar-refractivity contribution in [2.24, 2.45) is 0 Å². The lowest BCUT2D eigenvalue weighted by atomic mass is 10.1. The molecule has 8 heteroatoms. The first-order valence-corrected chi connectivity index (χ1v) is 8.37. The van der Waals surface area contributed by atoms with E-state index in [4.69, 9.17) is 0 Å². The van der Waals surface area contributed by atoms with Crippen LogP contribution in [0.3, 0.4) is 0 Å². The number of hydrogen-bond donors (Lipinski definition) is 1. The van der Waals surface area contributed by atoms with Gasteiger partial charge in [0.2, 0.25) is 5.82 Å². The van der Waals surface area contributed by atoms with Crippen LogP contribution in [0.4, 0.5) is 19.0 Å². The minimum atomic E-state index is -4.54. The maximum atomic E-state index is 13.1. The molecule has 0 radical (unpaired) electrons. The third-order valence-corrected chi connectivity index (χ3v) is 5.44. The Morgan fingerprint density at radius 1 is 1.17 bits per heavy atom. The predicted molar refractivity (Wildman–Crippen MR) is 86.0 cm³/mol. The first-order chi connectivity index (χ1) is 10.8. The zero-order valence-electron chi connectivity index (χ0n) is 13.3. The summed E-state index contributed by atoms with van der Waals surface area (Å²) in [6.45, 7) is 5.66. The minimum absolute atomic E-state index is 0.144. The molecule has 0 atom stereocenters. The van der Waals surface area contributed by atoms with Gasteiger partial charge in [-0.15, -0.1) is 11.3 Å². The summed E-state index contributed by atoms with van der Waals surface area (Å²) in [5.74, 6) is -0.750.